The number of anilines is 1. The van der Waals surface area contributed by atoms with E-state index in [0.717, 1.165) is 34.0 Å². The fourth-order valence-electron chi connectivity index (χ4n) is 4.77. The number of aromatic nitrogens is 3. The minimum atomic E-state index is -0.372. The highest BCUT2D eigenvalue weighted by Crippen LogP contribution is 2.38. The molecule has 3 heterocycles. The molecule has 1 unspecified atom stereocenters. The monoisotopic (exact) mass is 504 g/mol. The predicted molar refractivity (Wildman–Crippen MR) is 143 cm³/mol. The van der Waals surface area contributed by atoms with Crippen LogP contribution in [0.4, 0.5) is 5.82 Å². The Bertz CT molecular complexity index is 1610. The summed E-state index contributed by atoms with van der Waals surface area (Å²) in [5.41, 5.74) is 4.36. The average molecular weight is 505 g/mol. The second-order valence-corrected chi connectivity index (χ2v) is 8.91. The third-order valence-electron chi connectivity index (χ3n) is 6.66. The van der Waals surface area contributed by atoms with Gasteiger partial charge in [-0.1, -0.05) is 6.58 Å². The summed E-state index contributed by atoms with van der Waals surface area (Å²) in [4.78, 5) is 39.7. The third-order valence-corrected chi connectivity index (χ3v) is 6.66. The second-order valence-electron chi connectivity index (χ2n) is 8.91. The quantitative estimate of drug-likeness (QED) is 0.388. The molecular formula is C29H24N6O3. The normalized spacial score (nSPS) is 14.6. The number of ether oxygens (including phenoxy) is 1. The molecular weight excluding hydrogens is 480 g/mol. The lowest BCUT2D eigenvalue weighted by Gasteiger charge is -2.18. The Morgan fingerprint density at radius 2 is 2.08 bits per heavy atom. The van der Waals surface area contributed by atoms with Crippen LogP contribution in [0.25, 0.3) is 22.0 Å². The Kier molecular flexibility index (Phi) is 6.78. The predicted octanol–water partition coefficient (Wildman–Crippen LogP) is 4.33. The Hall–Kier alpha value is -5.10. The molecule has 1 fully saturated rings. The third kappa shape index (κ3) is 4.80. The standard InChI is InChI=1S/C29H24N6O3/c1-3-27(36)35-9-7-20(16-35)24-12-21(11-22-15-31-17-33-28(22)24)23-5-4-19(13-25(23)38-2)29(37)34-26-10-18(14-30)6-8-32-26/h3-6,8,10-13,15,17,20H,1,7,9,16H2,2H3,(H,32,34,37). The summed E-state index contributed by atoms with van der Waals surface area (Å²) in [5, 5.41) is 12.7. The Balaban J connectivity index is 1.49. The number of nitrogens with zero attached hydrogens (tertiary/aromatic N) is 5. The van der Waals surface area contributed by atoms with E-state index in [1.54, 1.807) is 36.4 Å². The molecule has 9 heteroatoms. The van der Waals surface area contributed by atoms with E-state index in [2.05, 4.69) is 32.9 Å². The molecule has 0 aliphatic carbocycles. The van der Waals surface area contributed by atoms with Gasteiger partial charge in [0.05, 0.1) is 24.3 Å². The van der Waals surface area contributed by atoms with Crippen molar-refractivity contribution in [1.29, 1.82) is 5.26 Å². The molecule has 0 bridgehead atoms. The van der Waals surface area contributed by atoms with Crippen LogP contribution < -0.4 is 10.1 Å². The van der Waals surface area contributed by atoms with Crippen molar-refractivity contribution in [3.63, 3.8) is 0 Å². The van der Waals surface area contributed by atoms with Crippen LogP contribution in [-0.4, -0.2) is 51.9 Å². The summed E-state index contributed by atoms with van der Waals surface area (Å²) in [6, 6.07) is 14.4. The highest BCUT2D eigenvalue weighted by atomic mass is 16.5. The van der Waals surface area contributed by atoms with E-state index in [-0.39, 0.29) is 23.6 Å². The molecule has 0 spiro atoms. The molecule has 2 aromatic heterocycles. The van der Waals surface area contributed by atoms with Gasteiger partial charge in [0.25, 0.3) is 5.91 Å². The lowest BCUT2D eigenvalue weighted by atomic mass is 9.91. The van der Waals surface area contributed by atoms with Gasteiger partial charge in [0.15, 0.2) is 0 Å². The maximum atomic E-state index is 12.9. The fourth-order valence-corrected chi connectivity index (χ4v) is 4.77. The van der Waals surface area contributed by atoms with Gasteiger partial charge >= 0.3 is 0 Å². The van der Waals surface area contributed by atoms with Crippen molar-refractivity contribution in [2.75, 3.05) is 25.5 Å². The van der Waals surface area contributed by atoms with Gasteiger partial charge in [-0.3, -0.25) is 9.59 Å². The molecule has 1 aliphatic rings. The molecule has 38 heavy (non-hydrogen) atoms. The number of hydrogen-bond donors (Lipinski definition) is 1. The first-order valence-electron chi connectivity index (χ1n) is 12.0. The number of hydrogen-bond acceptors (Lipinski definition) is 7. The molecule has 0 saturated carbocycles. The minimum absolute atomic E-state index is 0.0762. The number of nitriles is 1. The first kappa shape index (κ1) is 24.6. The van der Waals surface area contributed by atoms with Gasteiger partial charge in [-0.25, -0.2) is 15.0 Å². The first-order valence-corrected chi connectivity index (χ1v) is 12.0. The Morgan fingerprint density at radius 3 is 2.87 bits per heavy atom. The molecule has 188 valence electrons. The number of carbonyl (C=O) groups excluding carboxylic acids is 2. The van der Waals surface area contributed by atoms with E-state index in [1.807, 2.05) is 18.2 Å². The summed E-state index contributed by atoms with van der Waals surface area (Å²) in [6.07, 6.45) is 6.93. The van der Waals surface area contributed by atoms with E-state index in [1.165, 1.54) is 24.7 Å². The topological polar surface area (TPSA) is 121 Å². The van der Waals surface area contributed by atoms with Crippen molar-refractivity contribution >= 4 is 28.5 Å². The van der Waals surface area contributed by atoms with Crippen LogP contribution in [0.3, 0.4) is 0 Å². The Morgan fingerprint density at radius 1 is 1.21 bits per heavy atom. The zero-order valence-electron chi connectivity index (χ0n) is 20.7. The molecule has 1 aliphatic heterocycles. The zero-order valence-corrected chi connectivity index (χ0v) is 20.7. The van der Waals surface area contributed by atoms with E-state index in [4.69, 9.17) is 10.00 Å². The van der Waals surface area contributed by atoms with Crippen LogP contribution in [0.2, 0.25) is 0 Å². The molecule has 0 radical (unpaired) electrons. The Labute approximate surface area is 219 Å². The van der Waals surface area contributed by atoms with Gasteiger partial charge in [-0.2, -0.15) is 5.26 Å². The van der Waals surface area contributed by atoms with Crippen LogP contribution in [0, 0.1) is 11.3 Å². The van der Waals surface area contributed by atoms with Gasteiger partial charge in [-0.05, 0) is 66.1 Å². The van der Waals surface area contributed by atoms with Gasteiger partial charge in [0.2, 0.25) is 5.91 Å². The van der Waals surface area contributed by atoms with Crippen LogP contribution in [0.1, 0.15) is 33.8 Å². The highest BCUT2D eigenvalue weighted by molar-refractivity contribution is 6.04. The maximum Gasteiger partial charge on any atom is 0.256 e. The summed E-state index contributed by atoms with van der Waals surface area (Å²) >= 11 is 0. The average Bonchev–Trinajstić information content (AvgIpc) is 3.46. The van der Waals surface area contributed by atoms with Crippen LogP contribution in [-0.2, 0) is 4.79 Å². The molecule has 1 N–H and O–H groups in total. The molecule has 2 amide bonds. The summed E-state index contributed by atoms with van der Waals surface area (Å²) in [7, 11) is 1.55. The number of likely N-dealkylation sites (tertiary alicyclic amines) is 1. The van der Waals surface area contributed by atoms with Crippen molar-refractivity contribution in [1.82, 2.24) is 19.9 Å². The molecule has 4 aromatic rings. The van der Waals surface area contributed by atoms with Crippen LogP contribution in [0.5, 0.6) is 5.75 Å². The SMILES string of the molecule is C=CC(=O)N1CCC(c2cc(-c3ccc(C(=O)Nc4cc(C#N)ccn4)cc3OC)cc3cncnc23)C1. The number of methoxy groups -OCH3 is 1. The number of amides is 2. The van der Waals surface area contributed by atoms with Crippen molar-refractivity contribution in [2.45, 2.75) is 12.3 Å². The van der Waals surface area contributed by atoms with Crippen molar-refractivity contribution in [2.24, 2.45) is 0 Å². The minimum Gasteiger partial charge on any atom is -0.496 e. The number of fused-ring (bicyclic) bond motifs is 1. The van der Waals surface area contributed by atoms with E-state index in [0.29, 0.717) is 30.0 Å². The van der Waals surface area contributed by atoms with Gasteiger partial charge in [0.1, 0.15) is 17.9 Å². The van der Waals surface area contributed by atoms with Crippen LogP contribution >= 0.6 is 0 Å². The van der Waals surface area contributed by atoms with E-state index >= 15 is 0 Å². The number of carbonyl (C=O) groups is 2. The molecule has 1 atom stereocenters. The number of benzene rings is 2. The summed E-state index contributed by atoms with van der Waals surface area (Å²) < 4.78 is 5.68. The largest absolute Gasteiger partial charge is 0.496 e. The number of pyridine rings is 1. The highest BCUT2D eigenvalue weighted by Gasteiger charge is 2.28. The number of nitrogens with one attached hydrogen (secondary N) is 1. The summed E-state index contributed by atoms with van der Waals surface area (Å²) in [6.45, 7) is 4.85. The maximum absolute atomic E-state index is 12.9. The second kappa shape index (κ2) is 10.5. The lowest BCUT2D eigenvalue weighted by Crippen LogP contribution is -2.26. The number of rotatable bonds is 6. The van der Waals surface area contributed by atoms with E-state index in [9.17, 15) is 9.59 Å². The zero-order chi connectivity index (χ0) is 26.6. The smallest absolute Gasteiger partial charge is 0.256 e. The lowest BCUT2D eigenvalue weighted by molar-refractivity contribution is -0.125. The van der Waals surface area contributed by atoms with Crippen molar-refractivity contribution in [3.05, 3.63) is 90.5 Å². The molecule has 5 rings (SSSR count). The molecule has 9 nitrogen and oxygen atoms in total. The molecule has 1 saturated heterocycles. The van der Waals surface area contributed by atoms with E-state index < -0.39 is 0 Å². The van der Waals surface area contributed by atoms with Crippen LogP contribution in [0.15, 0.2) is 73.8 Å². The van der Waals surface area contributed by atoms with Crippen molar-refractivity contribution in [3.8, 4) is 22.9 Å². The van der Waals surface area contributed by atoms with Gasteiger partial charge in [-0.15, -0.1) is 0 Å². The van der Waals surface area contributed by atoms with Crippen molar-refractivity contribution < 1.29 is 14.3 Å². The summed E-state index contributed by atoms with van der Waals surface area (Å²) in [5.74, 6) is 0.477. The fraction of sp³-hybridized carbons (Fsp3) is 0.172. The van der Waals surface area contributed by atoms with Gasteiger partial charge in [0, 0.05) is 47.9 Å². The first-order chi connectivity index (χ1) is 18.5. The molecule has 2 aromatic carbocycles. The van der Waals surface area contributed by atoms with Gasteiger partial charge < -0.3 is 15.0 Å².